The Morgan fingerprint density at radius 1 is 1.10 bits per heavy atom. The molecule has 5 rings (SSSR count). The Morgan fingerprint density at radius 2 is 1.93 bits per heavy atom. The molecule has 0 saturated carbocycles. The SMILES string of the molecule is Cc1nc2cc(-c3nc(C4CNCCN4C)no3)ccc2n1-c1ccccc1.Cl. The Balaban J connectivity index is 0.00000205. The average Bonchev–Trinajstić information content (AvgIpc) is 3.32. The second-order valence-corrected chi connectivity index (χ2v) is 7.19. The summed E-state index contributed by atoms with van der Waals surface area (Å²) in [5, 5.41) is 7.61. The molecular formula is C21H23ClN6O. The monoisotopic (exact) mass is 410 g/mol. The van der Waals surface area contributed by atoms with Crippen LogP contribution in [-0.2, 0) is 0 Å². The summed E-state index contributed by atoms with van der Waals surface area (Å²) in [6.07, 6.45) is 0. The fourth-order valence-electron chi connectivity index (χ4n) is 3.82. The quantitative estimate of drug-likeness (QED) is 0.558. The van der Waals surface area contributed by atoms with Crippen LogP contribution in [0.4, 0.5) is 0 Å². The molecule has 1 atom stereocenters. The zero-order valence-corrected chi connectivity index (χ0v) is 17.2. The number of aromatic nitrogens is 4. The Kier molecular flexibility index (Phi) is 5.36. The molecule has 0 bridgehead atoms. The van der Waals surface area contributed by atoms with E-state index >= 15 is 0 Å². The van der Waals surface area contributed by atoms with E-state index < -0.39 is 0 Å². The fraction of sp³-hybridized carbons (Fsp3) is 0.286. The molecule has 1 aliphatic rings. The smallest absolute Gasteiger partial charge is 0.258 e. The van der Waals surface area contributed by atoms with Crippen molar-refractivity contribution in [3.63, 3.8) is 0 Å². The van der Waals surface area contributed by atoms with Crippen LogP contribution in [0.15, 0.2) is 53.1 Å². The number of para-hydroxylation sites is 1. The molecule has 2 aromatic carbocycles. The van der Waals surface area contributed by atoms with Crippen LogP contribution in [0.25, 0.3) is 28.2 Å². The lowest BCUT2D eigenvalue weighted by atomic mass is 10.2. The number of likely N-dealkylation sites (N-methyl/N-ethyl adjacent to an activating group) is 1. The van der Waals surface area contributed by atoms with E-state index in [0.29, 0.717) is 5.89 Å². The van der Waals surface area contributed by atoms with E-state index in [1.165, 1.54) is 0 Å². The van der Waals surface area contributed by atoms with Gasteiger partial charge in [0.05, 0.1) is 17.1 Å². The summed E-state index contributed by atoms with van der Waals surface area (Å²) in [6, 6.07) is 16.5. The topological polar surface area (TPSA) is 72.0 Å². The summed E-state index contributed by atoms with van der Waals surface area (Å²) in [4.78, 5) is 11.6. The normalized spacial score (nSPS) is 17.4. The largest absolute Gasteiger partial charge is 0.334 e. The first-order valence-corrected chi connectivity index (χ1v) is 9.50. The van der Waals surface area contributed by atoms with Gasteiger partial charge in [0.1, 0.15) is 5.82 Å². The van der Waals surface area contributed by atoms with Crippen molar-refractivity contribution in [2.45, 2.75) is 13.0 Å². The number of rotatable bonds is 3. The third-order valence-corrected chi connectivity index (χ3v) is 5.33. The zero-order valence-electron chi connectivity index (χ0n) is 16.4. The van der Waals surface area contributed by atoms with Gasteiger partial charge in [-0.3, -0.25) is 9.47 Å². The molecule has 0 aliphatic carbocycles. The Morgan fingerprint density at radius 3 is 2.72 bits per heavy atom. The van der Waals surface area contributed by atoms with Gasteiger partial charge in [0.2, 0.25) is 0 Å². The summed E-state index contributed by atoms with van der Waals surface area (Å²) < 4.78 is 7.73. The molecule has 1 aliphatic heterocycles. The molecule has 1 unspecified atom stereocenters. The summed E-state index contributed by atoms with van der Waals surface area (Å²) in [5.41, 5.74) is 3.96. The number of benzene rings is 2. The lowest BCUT2D eigenvalue weighted by Gasteiger charge is -2.30. The minimum Gasteiger partial charge on any atom is -0.334 e. The van der Waals surface area contributed by atoms with Crippen molar-refractivity contribution in [2.75, 3.05) is 26.7 Å². The van der Waals surface area contributed by atoms with Gasteiger partial charge in [0, 0.05) is 30.9 Å². The third kappa shape index (κ3) is 3.53. The Hall–Kier alpha value is -2.74. The van der Waals surface area contributed by atoms with Crippen LogP contribution < -0.4 is 5.32 Å². The number of halogens is 1. The molecule has 0 spiro atoms. The molecule has 3 heterocycles. The van der Waals surface area contributed by atoms with Crippen LogP contribution in [0.5, 0.6) is 0 Å². The highest BCUT2D eigenvalue weighted by Crippen LogP contribution is 2.27. The molecule has 1 saturated heterocycles. The molecule has 2 aromatic heterocycles. The molecule has 150 valence electrons. The van der Waals surface area contributed by atoms with Crippen molar-refractivity contribution in [3.05, 3.63) is 60.2 Å². The number of piperazine rings is 1. The Labute approximate surface area is 175 Å². The van der Waals surface area contributed by atoms with Gasteiger partial charge in [-0.2, -0.15) is 4.98 Å². The van der Waals surface area contributed by atoms with E-state index in [2.05, 4.69) is 50.2 Å². The predicted octanol–water partition coefficient (Wildman–Crippen LogP) is 3.38. The third-order valence-electron chi connectivity index (χ3n) is 5.33. The zero-order chi connectivity index (χ0) is 19.1. The predicted molar refractivity (Wildman–Crippen MR) is 115 cm³/mol. The molecule has 7 nitrogen and oxygen atoms in total. The highest BCUT2D eigenvalue weighted by Gasteiger charge is 2.25. The van der Waals surface area contributed by atoms with Crippen LogP contribution in [0, 0.1) is 6.92 Å². The standard InChI is InChI=1S/C21H22N6O.ClH/c1-14-23-17-12-15(8-9-18(17)27(14)16-6-4-3-5-7-16)21-24-20(25-28-21)19-13-22-10-11-26(19)2;/h3-9,12,19,22H,10-11,13H2,1-2H3;1H. The van der Waals surface area contributed by atoms with Crippen molar-refractivity contribution in [3.8, 4) is 17.1 Å². The fourth-order valence-corrected chi connectivity index (χ4v) is 3.82. The van der Waals surface area contributed by atoms with Crippen LogP contribution in [0.2, 0.25) is 0 Å². The molecule has 4 aromatic rings. The number of nitrogens with one attached hydrogen (secondary N) is 1. The minimum atomic E-state index is 0. The van der Waals surface area contributed by atoms with Crippen molar-refractivity contribution in [2.24, 2.45) is 0 Å². The van der Waals surface area contributed by atoms with Crippen LogP contribution in [0.1, 0.15) is 17.7 Å². The van der Waals surface area contributed by atoms with E-state index in [1.54, 1.807) is 0 Å². The first kappa shape index (κ1) is 19.6. The van der Waals surface area contributed by atoms with E-state index in [0.717, 1.165) is 53.6 Å². The maximum Gasteiger partial charge on any atom is 0.258 e. The molecule has 8 heteroatoms. The maximum atomic E-state index is 5.57. The van der Waals surface area contributed by atoms with E-state index in [1.807, 2.05) is 37.3 Å². The minimum absolute atomic E-state index is 0. The molecule has 1 fully saturated rings. The number of nitrogens with zero attached hydrogens (tertiary/aromatic N) is 5. The van der Waals surface area contributed by atoms with Crippen molar-refractivity contribution in [1.82, 2.24) is 29.9 Å². The van der Waals surface area contributed by atoms with Crippen molar-refractivity contribution in [1.29, 1.82) is 0 Å². The molecule has 0 radical (unpaired) electrons. The number of hydrogen-bond donors (Lipinski definition) is 1. The number of imidazole rings is 1. The van der Waals surface area contributed by atoms with E-state index in [-0.39, 0.29) is 18.4 Å². The maximum absolute atomic E-state index is 5.57. The number of fused-ring (bicyclic) bond motifs is 1. The van der Waals surface area contributed by atoms with E-state index in [4.69, 9.17) is 9.51 Å². The van der Waals surface area contributed by atoms with Gasteiger partial charge in [-0.25, -0.2) is 4.98 Å². The van der Waals surface area contributed by atoms with Gasteiger partial charge >= 0.3 is 0 Å². The van der Waals surface area contributed by atoms with E-state index in [9.17, 15) is 0 Å². The molecule has 0 amide bonds. The molecule has 1 N–H and O–H groups in total. The van der Waals surface area contributed by atoms with Gasteiger partial charge in [-0.1, -0.05) is 23.4 Å². The van der Waals surface area contributed by atoms with Crippen LogP contribution in [0.3, 0.4) is 0 Å². The average molecular weight is 411 g/mol. The summed E-state index contributed by atoms with van der Waals surface area (Å²) in [5.74, 6) is 2.19. The number of hydrogen-bond acceptors (Lipinski definition) is 6. The van der Waals surface area contributed by atoms with Crippen molar-refractivity contribution < 1.29 is 4.52 Å². The first-order valence-electron chi connectivity index (χ1n) is 9.50. The highest BCUT2D eigenvalue weighted by molar-refractivity contribution is 5.85. The lowest BCUT2D eigenvalue weighted by molar-refractivity contribution is 0.190. The van der Waals surface area contributed by atoms with Crippen LogP contribution in [-0.4, -0.2) is 51.3 Å². The molecular weight excluding hydrogens is 388 g/mol. The summed E-state index contributed by atoms with van der Waals surface area (Å²) in [7, 11) is 2.09. The highest BCUT2D eigenvalue weighted by atomic mass is 35.5. The van der Waals surface area contributed by atoms with Gasteiger partial charge < -0.3 is 9.84 Å². The second kappa shape index (κ2) is 7.94. The first-order chi connectivity index (χ1) is 13.7. The number of aryl methyl sites for hydroxylation is 1. The van der Waals surface area contributed by atoms with Gasteiger partial charge in [-0.05, 0) is 44.3 Å². The Bertz CT molecular complexity index is 1120. The van der Waals surface area contributed by atoms with Gasteiger partial charge in [0.15, 0.2) is 5.82 Å². The van der Waals surface area contributed by atoms with Crippen LogP contribution >= 0.6 is 12.4 Å². The lowest BCUT2D eigenvalue weighted by Crippen LogP contribution is -2.44. The van der Waals surface area contributed by atoms with Crippen molar-refractivity contribution >= 4 is 23.4 Å². The summed E-state index contributed by atoms with van der Waals surface area (Å²) >= 11 is 0. The van der Waals surface area contributed by atoms with Gasteiger partial charge in [0.25, 0.3) is 5.89 Å². The van der Waals surface area contributed by atoms with Gasteiger partial charge in [-0.15, -0.1) is 12.4 Å². The summed E-state index contributed by atoms with van der Waals surface area (Å²) in [6.45, 7) is 4.80. The second-order valence-electron chi connectivity index (χ2n) is 7.19. The molecule has 29 heavy (non-hydrogen) atoms.